The number of anilines is 2. The van der Waals surface area contributed by atoms with Gasteiger partial charge in [0.25, 0.3) is 0 Å². The van der Waals surface area contributed by atoms with Crippen molar-refractivity contribution in [1.29, 1.82) is 0 Å². The average Bonchev–Trinajstić information content (AvgIpc) is 2.55. The van der Waals surface area contributed by atoms with E-state index in [0.717, 1.165) is 35.3 Å². The van der Waals surface area contributed by atoms with E-state index < -0.39 is 5.97 Å². The molecule has 5 N–H and O–H groups in total. The van der Waals surface area contributed by atoms with Crippen molar-refractivity contribution in [3.63, 3.8) is 0 Å². The van der Waals surface area contributed by atoms with Crippen LogP contribution in [0.5, 0.6) is 0 Å². The van der Waals surface area contributed by atoms with Crippen LogP contribution in [0.3, 0.4) is 0 Å². The summed E-state index contributed by atoms with van der Waals surface area (Å²) in [4.78, 5) is 10.6. The summed E-state index contributed by atoms with van der Waals surface area (Å²) >= 11 is 0. The van der Waals surface area contributed by atoms with Crippen molar-refractivity contribution in [3.05, 3.63) is 23.3 Å². The van der Waals surface area contributed by atoms with Gasteiger partial charge in [0.1, 0.15) is 0 Å². The normalized spacial score (nSPS) is 15.2. The van der Waals surface area contributed by atoms with Crippen LogP contribution in [-0.2, 0) is 17.6 Å². The topological polar surface area (TPSA) is 89.3 Å². The molecule has 4 nitrogen and oxygen atoms in total. The predicted octanol–water partition coefficient (Wildman–Crippen LogP) is 1.04. The van der Waals surface area contributed by atoms with E-state index in [9.17, 15) is 4.79 Å². The van der Waals surface area contributed by atoms with E-state index in [4.69, 9.17) is 16.6 Å². The summed E-state index contributed by atoms with van der Waals surface area (Å²) in [5.41, 5.74) is 15.2. The largest absolute Gasteiger partial charge is 0.481 e. The van der Waals surface area contributed by atoms with Gasteiger partial charge in [0.2, 0.25) is 0 Å². The molecule has 15 heavy (non-hydrogen) atoms. The lowest BCUT2D eigenvalue weighted by Gasteiger charge is -2.05. The Morgan fingerprint density at radius 1 is 1.27 bits per heavy atom. The van der Waals surface area contributed by atoms with Crippen molar-refractivity contribution in [2.75, 3.05) is 11.5 Å². The van der Waals surface area contributed by atoms with Crippen LogP contribution in [0.1, 0.15) is 17.5 Å². The molecular formula is C11H14N2O2. The second kappa shape index (κ2) is 3.46. The van der Waals surface area contributed by atoms with E-state index in [1.807, 2.05) is 0 Å². The smallest absolute Gasteiger partial charge is 0.303 e. The molecule has 0 heterocycles. The number of carboxylic acid groups (broad SMARTS) is 1. The first-order valence-corrected chi connectivity index (χ1v) is 4.95. The van der Waals surface area contributed by atoms with Crippen LogP contribution >= 0.6 is 0 Å². The molecule has 0 fully saturated rings. The minimum atomic E-state index is -0.759. The molecule has 0 saturated carbocycles. The maximum Gasteiger partial charge on any atom is 0.303 e. The lowest BCUT2D eigenvalue weighted by Crippen LogP contribution is -2.07. The maximum atomic E-state index is 10.6. The molecule has 4 heteroatoms. The maximum absolute atomic E-state index is 10.6. The Hall–Kier alpha value is -1.71. The molecular weight excluding hydrogens is 192 g/mol. The number of carbonyl (C=O) groups is 1. The minimum absolute atomic E-state index is 0.143. The minimum Gasteiger partial charge on any atom is -0.481 e. The molecule has 0 bridgehead atoms. The summed E-state index contributed by atoms with van der Waals surface area (Å²) in [6.45, 7) is 0. The van der Waals surface area contributed by atoms with Crippen LogP contribution < -0.4 is 11.5 Å². The molecule has 0 aliphatic heterocycles. The Morgan fingerprint density at radius 2 is 1.73 bits per heavy atom. The fraction of sp³-hybridized carbons (Fsp3) is 0.364. The van der Waals surface area contributed by atoms with E-state index >= 15 is 0 Å². The first-order valence-electron chi connectivity index (χ1n) is 4.95. The number of rotatable bonds is 2. The molecule has 0 spiro atoms. The zero-order valence-electron chi connectivity index (χ0n) is 8.36. The highest BCUT2D eigenvalue weighted by Crippen LogP contribution is 2.36. The van der Waals surface area contributed by atoms with Gasteiger partial charge < -0.3 is 16.6 Å². The summed E-state index contributed by atoms with van der Waals surface area (Å²) < 4.78 is 0. The van der Waals surface area contributed by atoms with E-state index in [-0.39, 0.29) is 12.3 Å². The first kappa shape index (κ1) is 9.83. The highest BCUT2D eigenvalue weighted by atomic mass is 16.4. The van der Waals surface area contributed by atoms with Gasteiger partial charge in [0.15, 0.2) is 0 Å². The number of nitrogen functional groups attached to an aromatic ring is 2. The number of benzene rings is 1. The summed E-state index contributed by atoms with van der Waals surface area (Å²) in [6, 6.07) is 3.58. The molecule has 0 unspecified atom stereocenters. The fourth-order valence-electron chi connectivity index (χ4n) is 2.25. The SMILES string of the molecule is Nc1ccc(N)c2c1CC(CC(=O)O)C2. The third-order valence-corrected chi connectivity index (χ3v) is 2.95. The highest BCUT2D eigenvalue weighted by Gasteiger charge is 2.26. The van der Waals surface area contributed by atoms with Crippen LogP contribution in [-0.4, -0.2) is 11.1 Å². The van der Waals surface area contributed by atoms with Gasteiger partial charge in [-0.25, -0.2) is 0 Å². The molecule has 0 radical (unpaired) electrons. The first-order chi connectivity index (χ1) is 7.08. The monoisotopic (exact) mass is 206 g/mol. The van der Waals surface area contributed by atoms with Crippen molar-refractivity contribution >= 4 is 17.3 Å². The number of hydrogen-bond donors (Lipinski definition) is 3. The number of carboxylic acids is 1. The van der Waals surface area contributed by atoms with Crippen LogP contribution in [0.2, 0.25) is 0 Å². The van der Waals surface area contributed by atoms with E-state index in [0.29, 0.717) is 0 Å². The Bertz CT molecular complexity index is 384. The quantitative estimate of drug-likeness (QED) is 0.631. The van der Waals surface area contributed by atoms with Crippen LogP contribution in [0.15, 0.2) is 12.1 Å². The summed E-state index contributed by atoms with van der Waals surface area (Å²) in [7, 11) is 0. The fourth-order valence-corrected chi connectivity index (χ4v) is 2.25. The number of aliphatic carboxylic acids is 1. The van der Waals surface area contributed by atoms with Crippen LogP contribution in [0.4, 0.5) is 11.4 Å². The molecule has 0 atom stereocenters. The number of fused-ring (bicyclic) bond motifs is 1. The molecule has 80 valence electrons. The third kappa shape index (κ3) is 1.75. The van der Waals surface area contributed by atoms with E-state index in [2.05, 4.69) is 0 Å². The Kier molecular flexibility index (Phi) is 2.26. The zero-order valence-corrected chi connectivity index (χ0v) is 8.36. The molecule has 1 aliphatic rings. The van der Waals surface area contributed by atoms with Crippen molar-refractivity contribution in [1.82, 2.24) is 0 Å². The zero-order chi connectivity index (χ0) is 11.0. The number of nitrogens with two attached hydrogens (primary N) is 2. The predicted molar refractivity (Wildman–Crippen MR) is 58.4 cm³/mol. The molecule has 2 rings (SSSR count). The molecule has 0 saturated heterocycles. The standard InChI is InChI=1S/C11H14N2O2/c12-9-1-2-10(13)8-4-6(3-7(8)9)5-11(14)15/h1-2,6H,3-5,12-13H2,(H,14,15). The van der Waals surface area contributed by atoms with Gasteiger partial charge in [0, 0.05) is 17.8 Å². The average molecular weight is 206 g/mol. The Labute approximate surface area is 87.9 Å². The second-order valence-electron chi connectivity index (χ2n) is 4.07. The lowest BCUT2D eigenvalue weighted by molar-refractivity contribution is -0.138. The molecule has 1 aromatic carbocycles. The van der Waals surface area contributed by atoms with Gasteiger partial charge in [-0.3, -0.25) is 4.79 Å². The Morgan fingerprint density at radius 3 is 2.13 bits per heavy atom. The molecule has 1 aromatic rings. The third-order valence-electron chi connectivity index (χ3n) is 2.95. The van der Waals surface area contributed by atoms with Gasteiger partial charge in [-0.15, -0.1) is 0 Å². The van der Waals surface area contributed by atoms with Crippen molar-refractivity contribution in [2.24, 2.45) is 5.92 Å². The van der Waals surface area contributed by atoms with Gasteiger partial charge >= 0.3 is 5.97 Å². The van der Waals surface area contributed by atoms with Gasteiger partial charge in [-0.2, -0.15) is 0 Å². The van der Waals surface area contributed by atoms with Crippen molar-refractivity contribution < 1.29 is 9.90 Å². The van der Waals surface area contributed by atoms with Gasteiger partial charge in [0.05, 0.1) is 0 Å². The highest BCUT2D eigenvalue weighted by molar-refractivity contribution is 5.69. The Balaban J connectivity index is 2.26. The van der Waals surface area contributed by atoms with E-state index in [1.54, 1.807) is 12.1 Å². The van der Waals surface area contributed by atoms with Gasteiger partial charge in [-0.1, -0.05) is 0 Å². The summed E-state index contributed by atoms with van der Waals surface area (Å²) in [5.74, 6) is -0.616. The number of hydrogen-bond acceptors (Lipinski definition) is 3. The summed E-state index contributed by atoms with van der Waals surface area (Å²) in [5, 5.41) is 8.73. The van der Waals surface area contributed by atoms with Crippen molar-refractivity contribution in [2.45, 2.75) is 19.3 Å². The van der Waals surface area contributed by atoms with E-state index in [1.165, 1.54) is 0 Å². The lowest BCUT2D eigenvalue weighted by atomic mass is 10.0. The van der Waals surface area contributed by atoms with Crippen LogP contribution in [0.25, 0.3) is 0 Å². The van der Waals surface area contributed by atoms with Crippen LogP contribution in [0, 0.1) is 5.92 Å². The molecule has 1 aliphatic carbocycles. The second-order valence-corrected chi connectivity index (χ2v) is 4.07. The molecule has 0 amide bonds. The van der Waals surface area contributed by atoms with Gasteiger partial charge in [-0.05, 0) is 42.0 Å². The van der Waals surface area contributed by atoms with Crippen molar-refractivity contribution in [3.8, 4) is 0 Å². The summed E-state index contributed by atoms with van der Waals surface area (Å²) in [6.07, 6.45) is 1.66. The molecule has 0 aromatic heterocycles.